The summed E-state index contributed by atoms with van der Waals surface area (Å²) in [7, 11) is 0. The summed E-state index contributed by atoms with van der Waals surface area (Å²) in [5, 5.41) is 0.839. The van der Waals surface area contributed by atoms with Gasteiger partial charge < -0.3 is 4.90 Å². The molecule has 1 amide bonds. The molecule has 0 aliphatic heterocycles. The zero-order chi connectivity index (χ0) is 11.5. The van der Waals surface area contributed by atoms with Crippen LogP contribution in [0.15, 0.2) is 28.7 Å². The third-order valence-electron chi connectivity index (χ3n) is 2.67. The molecule has 0 unspecified atom stereocenters. The Bertz CT molecular complexity index is 373. The van der Waals surface area contributed by atoms with E-state index >= 15 is 0 Å². The molecule has 0 spiro atoms. The van der Waals surface area contributed by atoms with Gasteiger partial charge in [0.25, 0.3) is 5.91 Å². The fourth-order valence-electron chi connectivity index (χ4n) is 1.69. The van der Waals surface area contributed by atoms with Crippen molar-refractivity contribution in [3.63, 3.8) is 0 Å². The van der Waals surface area contributed by atoms with Crippen molar-refractivity contribution in [2.45, 2.75) is 18.9 Å². The van der Waals surface area contributed by atoms with E-state index in [2.05, 4.69) is 31.9 Å². The number of nitrogens with zero attached hydrogens (tertiary/aromatic N) is 1. The van der Waals surface area contributed by atoms with Crippen molar-refractivity contribution in [1.29, 1.82) is 0 Å². The molecule has 0 atom stereocenters. The number of halogens is 2. The van der Waals surface area contributed by atoms with Crippen LogP contribution in [-0.2, 0) is 0 Å². The van der Waals surface area contributed by atoms with Crippen LogP contribution in [0, 0.1) is 0 Å². The molecule has 16 heavy (non-hydrogen) atoms. The molecule has 0 aromatic heterocycles. The zero-order valence-electron chi connectivity index (χ0n) is 8.83. The molecule has 2 rings (SSSR count). The average molecular weight is 347 g/mol. The lowest BCUT2D eigenvalue weighted by atomic mass is 10.2. The van der Waals surface area contributed by atoms with E-state index in [1.54, 1.807) is 0 Å². The smallest absolute Gasteiger partial charge is 0.254 e. The third-order valence-corrected chi connectivity index (χ3v) is 3.55. The van der Waals surface area contributed by atoms with Gasteiger partial charge in [0.2, 0.25) is 0 Å². The minimum Gasteiger partial charge on any atom is -0.335 e. The SMILES string of the molecule is O=C(c1ccc(Br)cc1)N(CCBr)C1CC1. The van der Waals surface area contributed by atoms with Crippen LogP contribution in [0.3, 0.4) is 0 Å². The van der Waals surface area contributed by atoms with Gasteiger partial charge in [-0.15, -0.1) is 0 Å². The van der Waals surface area contributed by atoms with E-state index in [0.717, 1.165) is 34.8 Å². The number of carbonyl (C=O) groups excluding carboxylic acids is 1. The van der Waals surface area contributed by atoms with Crippen LogP contribution in [0.1, 0.15) is 23.2 Å². The van der Waals surface area contributed by atoms with Crippen LogP contribution < -0.4 is 0 Å². The zero-order valence-corrected chi connectivity index (χ0v) is 12.0. The number of carbonyl (C=O) groups is 1. The Labute approximate surface area is 112 Å². The van der Waals surface area contributed by atoms with E-state index < -0.39 is 0 Å². The predicted octanol–water partition coefficient (Wildman–Crippen LogP) is 3.45. The molecular weight excluding hydrogens is 334 g/mol. The Balaban J connectivity index is 2.12. The molecule has 1 aliphatic carbocycles. The number of hydrogen-bond acceptors (Lipinski definition) is 1. The summed E-state index contributed by atoms with van der Waals surface area (Å²) in [4.78, 5) is 14.2. The minimum atomic E-state index is 0.148. The Morgan fingerprint density at radius 1 is 1.31 bits per heavy atom. The summed E-state index contributed by atoms with van der Waals surface area (Å²) in [5.74, 6) is 0.148. The second-order valence-corrected chi connectivity index (χ2v) is 5.63. The normalized spacial score (nSPS) is 14.9. The van der Waals surface area contributed by atoms with Crippen LogP contribution in [0.4, 0.5) is 0 Å². The van der Waals surface area contributed by atoms with Gasteiger partial charge in [-0.05, 0) is 37.1 Å². The van der Waals surface area contributed by atoms with Crippen molar-refractivity contribution < 1.29 is 4.79 Å². The summed E-state index contributed by atoms with van der Waals surface area (Å²) < 4.78 is 1.00. The lowest BCUT2D eigenvalue weighted by molar-refractivity contribution is 0.0754. The largest absolute Gasteiger partial charge is 0.335 e. The molecule has 86 valence electrons. The summed E-state index contributed by atoms with van der Waals surface area (Å²) in [6.45, 7) is 0.791. The standard InChI is InChI=1S/C12H13Br2NO/c13-7-8-15(11-5-6-11)12(16)9-1-3-10(14)4-2-9/h1-4,11H,5-8H2. The first-order valence-electron chi connectivity index (χ1n) is 5.35. The second-order valence-electron chi connectivity index (χ2n) is 3.93. The number of rotatable bonds is 4. The van der Waals surface area contributed by atoms with Crippen LogP contribution in [-0.4, -0.2) is 28.7 Å². The van der Waals surface area contributed by atoms with Gasteiger partial charge >= 0.3 is 0 Å². The Morgan fingerprint density at radius 2 is 1.94 bits per heavy atom. The highest BCUT2D eigenvalue weighted by atomic mass is 79.9. The monoisotopic (exact) mass is 345 g/mol. The maximum Gasteiger partial charge on any atom is 0.254 e. The summed E-state index contributed by atoms with van der Waals surface area (Å²) in [6.07, 6.45) is 2.30. The van der Waals surface area contributed by atoms with Gasteiger partial charge in [-0.25, -0.2) is 0 Å². The molecule has 4 heteroatoms. The van der Waals surface area contributed by atoms with Crippen molar-refractivity contribution >= 4 is 37.8 Å². The summed E-state index contributed by atoms with van der Waals surface area (Å²) in [5.41, 5.74) is 0.774. The van der Waals surface area contributed by atoms with E-state index in [9.17, 15) is 4.79 Å². The molecule has 2 nitrogen and oxygen atoms in total. The number of amides is 1. The number of hydrogen-bond donors (Lipinski definition) is 0. The minimum absolute atomic E-state index is 0.148. The van der Waals surface area contributed by atoms with Gasteiger partial charge in [0.1, 0.15) is 0 Å². The lowest BCUT2D eigenvalue weighted by Crippen LogP contribution is -2.34. The number of alkyl halides is 1. The van der Waals surface area contributed by atoms with Crippen molar-refractivity contribution in [2.75, 3.05) is 11.9 Å². The molecule has 1 aromatic rings. The predicted molar refractivity (Wildman–Crippen MR) is 72.0 cm³/mol. The van der Waals surface area contributed by atoms with Crippen molar-refractivity contribution in [1.82, 2.24) is 4.90 Å². The van der Waals surface area contributed by atoms with Crippen molar-refractivity contribution in [3.8, 4) is 0 Å². The van der Waals surface area contributed by atoms with Crippen LogP contribution in [0.2, 0.25) is 0 Å². The third kappa shape index (κ3) is 2.86. The first kappa shape index (κ1) is 12.1. The van der Waals surface area contributed by atoms with Gasteiger partial charge in [-0.3, -0.25) is 4.79 Å². The molecule has 1 fully saturated rings. The highest BCUT2D eigenvalue weighted by Crippen LogP contribution is 2.28. The van der Waals surface area contributed by atoms with E-state index in [4.69, 9.17) is 0 Å². The first-order chi connectivity index (χ1) is 7.72. The van der Waals surface area contributed by atoms with Crippen LogP contribution >= 0.6 is 31.9 Å². The van der Waals surface area contributed by atoms with Gasteiger partial charge in [0.05, 0.1) is 0 Å². The van der Waals surface area contributed by atoms with E-state index in [1.165, 1.54) is 0 Å². The van der Waals surface area contributed by atoms with E-state index in [-0.39, 0.29) is 5.91 Å². The highest BCUT2D eigenvalue weighted by Gasteiger charge is 2.32. The molecule has 1 aromatic carbocycles. The molecule has 1 aliphatic rings. The van der Waals surface area contributed by atoms with Crippen LogP contribution in [0.5, 0.6) is 0 Å². The van der Waals surface area contributed by atoms with E-state index in [1.807, 2.05) is 29.2 Å². The summed E-state index contributed by atoms with van der Waals surface area (Å²) in [6, 6.07) is 8.03. The fraction of sp³-hybridized carbons (Fsp3) is 0.417. The lowest BCUT2D eigenvalue weighted by Gasteiger charge is -2.21. The molecule has 0 radical (unpaired) electrons. The Hall–Kier alpha value is -0.350. The topological polar surface area (TPSA) is 20.3 Å². The average Bonchev–Trinajstić information content (AvgIpc) is 3.10. The Morgan fingerprint density at radius 3 is 2.44 bits per heavy atom. The first-order valence-corrected chi connectivity index (χ1v) is 7.26. The quantitative estimate of drug-likeness (QED) is 0.764. The maximum atomic E-state index is 12.2. The number of benzene rings is 1. The molecule has 0 N–H and O–H groups in total. The second kappa shape index (κ2) is 5.32. The molecule has 0 bridgehead atoms. The summed E-state index contributed by atoms with van der Waals surface area (Å²) >= 11 is 6.77. The molecule has 0 heterocycles. The van der Waals surface area contributed by atoms with Gasteiger partial charge in [0, 0.05) is 28.0 Å². The van der Waals surface area contributed by atoms with Crippen molar-refractivity contribution in [2.24, 2.45) is 0 Å². The van der Waals surface area contributed by atoms with Crippen LogP contribution in [0.25, 0.3) is 0 Å². The highest BCUT2D eigenvalue weighted by molar-refractivity contribution is 9.10. The molecular formula is C12H13Br2NO. The van der Waals surface area contributed by atoms with E-state index in [0.29, 0.717) is 6.04 Å². The van der Waals surface area contributed by atoms with Gasteiger partial charge in [0.15, 0.2) is 0 Å². The van der Waals surface area contributed by atoms with Gasteiger partial charge in [-0.2, -0.15) is 0 Å². The Kier molecular flexibility index (Phi) is 4.03. The van der Waals surface area contributed by atoms with Gasteiger partial charge in [-0.1, -0.05) is 31.9 Å². The van der Waals surface area contributed by atoms with Crippen molar-refractivity contribution in [3.05, 3.63) is 34.3 Å². The molecule has 0 saturated heterocycles. The molecule has 1 saturated carbocycles. The maximum absolute atomic E-state index is 12.2. The fourth-order valence-corrected chi connectivity index (χ4v) is 2.33.